The molecule has 1 rings (SSSR count). The van der Waals surface area contributed by atoms with E-state index in [1.54, 1.807) is 25.1 Å². The Morgan fingerprint density at radius 2 is 2.20 bits per heavy atom. The van der Waals surface area contributed by atoms with Crippen LogP contribution in [0.1, 0.15) is 11.1 Å². The molecule has 0 fully saturated rings. The summed E-state index contributed by atoms with van der Waals surface area (Å²) in [5.41, 5.74) is 1.19. The van der Waals surface area contributed by atoms with E-state index < -0.39 is 6.67 Å². The van der Waals surface area contributed by atoms with Crippen molar-refractivity contribution in [3.05, 3.63) is 29.3 Å². The normalized spacial score (nSPS) is 9.80. The van der Waals surface area contributed by atoms with E-state index in [1.165, 1.54) is 0 Å². The van der Waals surface area contributed by atoms with Crippen molar-refractivity contribution in [2.24, 2.45) is 0 Å². The molecule has 0 amide bonds. The van der Waals surface area contributed by atoms with Crippen LogP contribution in [0.15, 0.2) is 18.2 Å². The summed E-state index contributed by atoms with van der Waals surface area (Å²) in [6.07, 6.45) is 0. The summed E-state index contributed by atoms with van der Waals surface area (Å²) in [6.45, 7) is 1.18. The topological polar surface area (TPSA) is 20.2 Å². The van der Waals surface area contributed by atoms with Gasteiger partial charge in [-0.1, -0.05) is 12.1 Å². The van der Waals surface area contributed by atoms with Crippen molar-refractivity contribution >= 4 is 0 Å². The molecule has 0 saturated carbocycles. The van der Waals surface area contributed by atoms with Crippen LogP contribution in [0.5, 0.6) is 5.75 Å². The van der Waals surface area contributed by atoms with Gasteiger partial charge in [-0.25, -0.2) is 4.39 Å². The number of hydrogen-bond acceptors (Lipinski definition) is 1. The molecule has 0 aliphatic carbocycles. The molecule has 0 atom stereocenters. The lowest BCUT2D eigenvalue weighted by molar-refractivity contribution is 0.457. The van der Waals surface area contributed by atoms with E-state index in [4.69, 9.17) is 5.11 Å². The third-order valence-corrected chi connectivity index (χ3v) is 1.56. The van der Waals surface area contributed by atoms with Gasteiger partial charge in [0.1, 0.15) is 12.4 Å². The van der Waals surface area contributed by atoms with Crippen LogP contribution >= 0.6 is 0 Å². The number of halogens is 1. The lowest BCUT2D eigenvalue weighted by Crippen LogP contribution is -1.83. The van der Waals surface area contributed by atoms with Crippen molar-refractivity contribution in [1.82, 2.24) is 0 Å². The molecular formula is C8H9FO. The second kappa shape index (κ2) is 2.69. The number of aromatic hydroxyl groups is 1. The maximum absolute atomic E-state index is 12.1. The van der Waals surface area contributed by atoms with Crippen molar-refractivity contribution < 1.29 is 9.50 Å². The molecule has 0 aromatic heterocycles. The first-order chi connectivity index (χ1) is 4.75. The van der Waals surface area contributed by atoms with Crippen LogP contribution in [0.4, 0.5) is 4.39 Å². The highest BCUT2D eigenvalue weighted by atomic mass is 19.1. The predicted octanol–water partition coefficient (Wildman–Crippen LogP) is 2.17. The van der Waals surface area contributed by atoms with Gasteiger partial charge in [0.2, 0.25) is 0 Å². The Bertz CT molecular complexity index is 233. The third kappa shape index (κ3) is 1.10. The van der Waals surface area contributed by atoms with E-state index in [1.807, 2.05) is 0 Å². The molecule has 0 spiro atoms. The zero-order chi connectivity index (χ0) is 7.56. The summed E-state index contributed by atoms with van der Waals surface area (Å²) < 4.78 is 12.1. The van der Waals surface area contributed by atoms with Gasteiger partial charge in [-0.15, -0.1) is 0 Å². The van der Waals surface area contributed by atoms with Gasteiger partial charge in [0.05, 0.1) is 0 Å². The number of hydrogen-bond donors (Lipinski definition) is 1. The minimum absolute atomic E-state index is 0.162. The largest absolute Gasteiger partial charge is 0.508 e. The Labute approximate surface area is 59.1 Å². The SMILES string of the molecule is Cc1c(O)cccc1CF. The first-order valence-corrected chi connectivity index (χ1v) is 3.09. The van der Waals surface area contributed by atoms with Crippen LogP contribution in [-0.2, 0) is 6.67 Å². The molecular weight excluding hydrogens is 131 g/mol. The van der Waals surface area contributed by atoms with E-state index in [2.05, 4.69) is 0 Å². The number of rotatable bonds is 1. The second-order valence-corrected chi connectivity index (χ2v) is 2.19. The van der Waals surface area contributed by atoms with Crippen molar-refractivity contribution in [2.45, 2.75) is 13.6 Å². The highest BCUT2D eigenvalue weighted by Gasteiger charge is 1.99. The van der Waals surface area contributed by atoms with Crippen LogP contribution in [0.25, 0.3) is 0 Å². The number of alkyl halides is 1. The Morgan fingerprint density at radius 1 is 1.50 bits per heavy atom. The monoisotopic (exact) mass is 140 g/mol. The van der Waals surface area contributed by atoms with Gasteiger partial charge in [0, 0.05) is 0 Å². The van der Waals surface area contributed by atoms with E-state index in [-0.39, 0.29) is 5.75 Å². The maximum atomic E-state index is 12.1. The molecule has 1 nitrogen and oxygen atoms in total. The molecule has 0 bridgehead atoms. The molecule has 0 radical (unpaired) electrons. The molecule has 0 aliphatic heterocycles. The molecule has 1 aromatic rings. The lowest BCUT2D eigenvalue weighted by atomic mass is 10.1. The fourth-order valence-electron chi connectivity index (χ4n) is 0.815. The molecule has 54 valence electrons. The molecule has 0 unspecified atom stereocenters. The zero-order valence-electron chi connectivity index (χ0n) is 5.76. The predicted molar refractivity (Wildman–Crippen MR) is 37.7 cm³/mol. The van der Waals surface area contributed by atoms with E-state index in [0.29, 0.717) is 11.1 Å². The van der Waals surface area contributed by atoms with E-state index in [0.717, 1.165) is 0 Å². The van der Waals surface area contributed by atoms with Gasteiger partial charge in [-0.3, -0.25) is 0 Å². The van der Waals surface area contributed by atoms with Crippen LogP contribution in [0.3, 0.4) is 0 Å². The Kier molecular flexibility index (Phi) is 1.90. The first kappa shape index (κ1) is 7.06. The van der Waals surface area contributed by atoms with Gasteiger partial charge < -0.3 is 5.11 Å². The second-order valence-electron chi connectivity index (χ2n) is 2.19. The average molecular weight is 140 g/mol. The van der Waals surface area contributed by atoms with E-state index >= 15 is 0 Å². The van der Waals surface area contributed by atoms with Gasteiger partial charge in [0.25, 0.3) is 0 Å². The van der Waals surface area contributed by atoms with Gasteiger partial charge >= 0.3 is 0 Å². The van der Waals surface area contributed by atoms with Crippen LogP contribution in [0, 0.1) is 6.92 Å². The minimum atomic E-state index is -0.514. The summed E-state index contributed by atoms with van der Waals surface area (Å²) in [6, 6.07) is 4.85. The highest BCUT2D eigenvalue weighted by Crippen LogP contribution is 2.19. The molecule has 0 aliphatic rings. The number of benzene rings is 1. The summed E-state index contributed by atoms with van der Waals surface area (Å²) in [7, 11) is 0. The standard InChI is InChI=1S/C8H9FO/c1-6-7(5-9)3-2-4-8(6)10/h2-4,10H,5H2,1H3. The summed E-state index contributed by atoms with van der Waals surface area (Å²) in [5.74, 6) is 0.162. The quantitative estimate of drug-likeness (QED) is 0.633. The molecule has 2 heteroatoms. The molecule has 1 aromatic carbocycles. The van der Waals surface area contributed by atoms with E-state index in [9.17, 15) is 4.39 Å². The van der Waals surface area contributed by atoms with Crippen molar-refractivity contribution in [3.8, 4) is 5.75 Å². The van der Waals surface area contributed by atoms with Crippen LogP contribution in [-0.4, -0.2) is 5.11 Å². The smallest absolute Gasteiger partial charge is 0.118 e. The third-order valence-electron chi connectivity index (χ3n) is 1.56. The summed E-state index contributed by atoms with van der Waals surface area (Å²) >= 11 is 0. The van der Waals surface area contributed by atoms with Gasteiger partial charge in [0.15, 0.2) is 0 Å². The van der Waals surface area contributed by atoms with Crippen molar-refractivity contribution in [3.63, 3.8) is 0 Å². The van der Waals surface area contributed by atoms with Crippen LogP contribution < -0.4 is 0 Å². The fourth-order valence-corrected chi connectivity index (χ4v) is 0.815. The van der Waals surface area contributed by atoms with Crippen LogP contribution in [0.2, 0.25) is 0 Å². The fraction of sp³-hybridized carbons (Fsp3) is 0.250. The highest BCUT2D eigenvalue weighted by molar-refractivity contribution is 5.37. The Hall–Kier alpha value is -1.05. The molecule has 1 N–H and O–H groups in total. The Morgan fingerprint density at radius 3 is 2.70 bits per heavy atom. The lowest BCUT2D eigenvalue weighted by Gasteiger charge is -2.01. The molecule has 10 heavy (non-hydrogen) atoms. The summed E-state index contributed by atoms with van der Waals surface area (Å²) in [5, 5.41) is 9.06. The minimum Gasteiger partial charge on any atom is -0.508 e. The summed E-state index contributed by atoms with van der Waals surface area (Å²) in [4.78, 5) is 0. The van der Waals surface area contributed by atoms with Gasteiger partial charge in [-0.2, -0.15) is 0 Å². The Balaban J connectivity index is 3.14. The van der Waals surface area contributed by atoms with Gasteiger partial charge in [-0.05, 0) is 24.1 Å². The van der Waals surface area contributed by atoms with Crippen molar-refractivity contribution in [1.29, 1.82) is 0 Å². The number of phenolic OH excluding ortho intramolecular Hbond substituents is 1. The molecule has 0 saturated heterocycles. The first-order valence-electron chi connectivity index (χ1n) is 3.09. The average Bonchev–Trinajstić information content (AvgIpc) is 1.95. The van der Waals surface area contributed by atoms with Crippen molar-refractivity contribution in [2.75, 3.05) is 0 Å². The maximum Gasteiger partial charge on any atom is 0.118 e. The number of phenols is 1. The molecule has 0 heterocycles. The zero-order valence-corrected chi connectivity index (χ0v) is 5.76.